The monoisotopic (exact) mass is 300 g/mol. The van der Waals surface area contributed by atoms with Gasteiger partial charge >= 0.3 is 0 Å². The zero-order valence-corrected chi connectivity index (χ0v) is 13.7. The summed E-state index contributed by atoms with van der Waals surface area (Å²) < 4.78 is 7.91. The lowest BCUT2D eigenvalue weighted by atomic mass is 9.94. The summed E-state index contributed by atoms with van der Waals surface area (Å²) in [4.78, 5) is 4.39. The topological polar surface area (TPSA) is 52.0 Å². The Morgan fingerprint density at radius 2 is 1.95 bits per heavy atom. The maximum Gasteiger partial charge on any atom is 0.164 e. The highest BCUT2D eigenvalue weighted by Gasteiger charge is 2.45. The Morgan fingerprint density at radius 1 is 1.23 bits per heavy atom. The van der Waals surface area contributed by atoms with Crippen LogP contribution in [0.4, 0.5) is 0 Å². The van der Waals surface area contributed by atoms with Crippen molar-refractivity contribution in [3.63, 3.8) is 0 Å². The van der Waals surface area contributed by atoms with E-state index >= 15 is 0 Å². The van der Waals surface area contributed by atoms with E-state index in [1.54, 1.807) is 11.0 Å². The van der Waals surface area contributed by atoms with Gasteiger partial charge in [0.15, 0.2) is 5.82 Å². The van der Waals surface area contributed by atoms with E-state index in [0.717, 1.165) is 17.9 Å². The highest BCUT2D eigenvalue weighted by Crippen LogP contribution is 2.37. The van der Waals surface area contributed by atoms with E-state index in [1.807, 2.05) is 30.3 Å². The van der Waals surface area contributed by atoms with Crippen LogP contribution in [-0.2, 0) is 11.3 Å². The van der Waals surface area contributed by atoms with E-state index in [1.165, 1.54) is 0 Å². The van der Waals surface area contributed by atoms with Crippen LogP contribution in [0.3, 0.4) is 0 Å². The number of nitrogens with zero attached hydrogens (tertiary/aromatic N) is 3. The van der Waals surface area contributed by atoms with Gasteiger partial charge in [-0.25, -0.2) is 9.67 Å². The molecule has 2 heterocycles. The summed E-state index contributed by atoms with van der Waals surface area (Å²) >= 11 is 0. The molecule has 2 aromatic rings. The Labute approximate surface area is 131 Å². The van der Waals surface area contributed by atoms with Gasteiger partial charge < -0.3 is 10.1 Å². The molecule has 1 aliphatic heterocycles. The average Bonchev–Trinajstić information content (AvgIpc) is 2.99. The minimum Gasteiger partial charge on any atom is -0.368 e. The Hall–Kier alpha value is -1.72. The van der Waals surface area contributed by atoms with Gasteiger partial charge in [-0.3, -0.25) is 0 Å². The first-order valence-electron chi connectivity index (χ1n) is 7.75. The van der Waals surface area contributed by atoms with E-state index < -0.39 is 0 Å². The second-order valence-corrected chi connectivity index (χ2v) is 7.04. The third-order valence-electron chi connectivity index (χ3n) is 4.14. The predicted octanol–water partition coefficient (Wildman–Crippen LogP) is 2.70. The fraction of sp³-hybridized carbons (Fsp3) is 0.529. The molecule has 0 spiro atoms. The molecule has 0 radical (unpaired) electrons. The lowest BCUT2D eigenvalue weighted by Gasteiger charge is -2.27. The summed E-state index contributed by atoms with van der Waals surface area (Å²) in [6, 6.07) is 10.3. The molecule has 1 N–H and O–H groups in total. The highest BCUT2D eigenvalue weighted by atomic mass is 16.5. The molecule has 1 unspecified atom stereocenters. The smallest absolute Gasteiger partial charge is 0.164 e. The SMILES string of the molecule is CC1(C)CC(NCc2ncn(-c3ccccc3)n2)C(C)(C)O1. The molecular formula is C17H24N4O. The number of hydrogen-bond donors (Lipinski definition) is 1. The van der Waals surface area contributed by atoms with Gasteiger partial charge in [0.05, 0.1) is 23.4 Å². The molecule has 22 heavy (non-hydrogen) atoms. The average molecular weight is 300 g/mol. The minimum absolute atomic E-state index is 0.0853. The van der Waals surface area contributed by atoms with Crippen LogP contribution in [0.2, 0.25) is 0 Å². The van der Waals surface area contributed by atoms with E-state index in [-0.39, 0.29) is 11.2 Å². The number of aromatic nitrogens is 3. The lowest BCUT2D eigenvalue weighted by Crippen LogP contribution is -2.43. The van der Waals surface area contributed by atoms with E-state index in [0.29, 0.717) is 12.6 Å². The van der Waals surface area contributed by atoms with Crippen molar-refractivity contribution in [1.82, 2.24) is 20.1 Å². The molecular weight excluding hydrogens is 276 g/mol. The molecule has 1 aromatic heterocycles. The van der Waals surface area contributed by atoms with Crippen molar-refractivity contribution in [2.45, 2.75) is 57.9 Å². The van der Waals surface area contributed by atoms with Gasteiger partial charge in [-0.05, 0) is 46.2 Å². The maximum atomic E-state index is 6.10. The summed E-state index contributed by atoms with van der Waals surface area (Å²) in [5, 5.41) is 8.07. The maximum absolute atomic E-state index is 6.10. The Kier molecular flexibility index (Phi) is 3.78. The second-order valence-electron chi connectivity index (χ2n) is 7.04. The molecule has 1 aromatic carbocycles. The molecule has 5 nitrogen and oxygen atoms in total. The molecule has 118 valence electrons. The molecule has 0 saturated carbocycles. The van der Waals surface area contributed by atoms with Gasteiger partial charge in [-0.1, -0.05) is 18.2 Å². The summed E-state index contributed by atoms with van der Waals surface area (Å²) in [6.07, 6.45) is 2.74. The van der Waals surface area contributed by atoms with Gasteiger partial charge in [0.1, 0.15) is 6.33 Å². The van der Waals surface area contributed by atoms with Crippen molar-refractivity contribution < 1.29 is 4.74 Å². The third-order valence-corrected chi connectivity index (χ3v) is 4.14. The highest BCUT2D eigenvalue weighted by molar-refractivity contribution is 5.29. The van der Waals surface area contributed by atoms with Crippen LogP contribution < -0.4 is 5.32 Å². The summed E-state index contributed by atoms with van der Waals surface area (Å²) in [7, 11) is 0. The largest absolute Gasteiger partial charge is 0.368 e. The van der Waals surface area contributed by atoms with Crippen LogP contribution in [-0.4, -0.2) is 32.0 Å². The summed E-state index contributed by atoms with van der Waals surface area (Å²) in [6.45, 7) is 9.19. The summed E-state index contributed by atoms with van der Waals surface area (Å²) in [5.74, 6) is 0.796. The first-order valence-corrected chi connectivity index (χ1v) is 7.75. The first kappa shape index (κ1) is 15.2. The molecule has 1 atom stereocenters. The Morgan fingerprint density at radius 3 is 2.59 bits per heavy atom. The molecule has 5 heteroatoms. The fourth-order valence-electron chi connectivity index (χ4n) is 3.18. The zero-order chi connectivity index (χ0) is 15.8. The predicted molar refractivity (Wildman–Crippen MR) is 85.8 cm³/mol. The summed E-state index contributed by atoms with van der Waals surface area (Å²) in [5.41, 5.74) is 0.760. The lowest BCUT2D eigenvalue weighted by molar-refractivity contribution is -0.0699. The van der Waals surface area contributed by atoms with E-state index in [9.17, 15) is 0 Å². The molecule has 0 aliphatic carbocycles. The third kappa shape index (κ3) is 3.20. The Balaban J connectivity index is 1.64. The quantitative estimate of drug-likeness (QED) is 0.943. The zero-order valence-electron chi connectivity index (χ0n) is 13.7. The van der Waals surface area contributed by atoms with Gasteiger partial charge in [0.2, 0.25) is 0 Å². The van der Waals surface area contributed by atoms with Gasteiger partial charge in [0.25, 0.3) is 0 Å². The molecule has 0 bridgehead atoms. The number of hydrogen-bond acceptors (Lipinski definition) is 4. The normalized spacial score (nSPS) is 22.8. The molecule has 3 rings (SSSR count). The fourth-order valence-corrected chi connectivity index (χ4v) is 3.18. The van der Waals surface area contributed by atoms with Crippen molar-refractivity contribution in [3.05, 3.63) is 42.5 Å². The van der Waals surface area contributed by atoms with E-state index in [4.69, 9.17) is 4.74 Å². The van der Waals surface area contributed by atoms with Gasteiger partial charge in [0, 0.05) is 6.04 Å². The number of benzene rings is 1. The Bertz CT molecular complexity index is 633. The van der Waals surface area contributed by atoms with Crippen LogP contribution >= 0.6 is 0 Å². The van der Waals surface area contributed by atoms with Crippen molar-refractivity contribution in [2.75, 3.05) is 0 Å². The van der Waals surface area contributed by atoms with Crippen LogP contribution in [0.5, 0.6) is 0 Å². The first-order chi connectivity index (χ1) is 10.4. The van der Waals surface area contributed by atoms with Crippen LogP contribution in [0.1, 0.15) is 39.9 Å². The molecule has 1 aliphatic rings. The minimum atomic E-state index is -0.175. The van der Waals surface area contributed by atoms with Gasteiger partial charge in [-0.2, -0.15) is 0 Å². The number of nitrogens with one attached hydrogen (secondary N) is 1. The molecule has 1 saturated heterocycles. The van der Waals surface area contributed by atoms with Crippen molar-refractivity contribution in [1.29, 1.82) is 0 Å². The van der Waals surface area contributed by atoms with Crippen LogP contribution in [0, 0.1) is 0 Å². The van der Waals surface area contributed by atoms with Crippen molar-refractivity contribution in [2.24, 2.45) is 0 Å². The van der Waals surface area contributed by atoms with E-state index in [2.05, 4.69) is 43.1 Å². The number of para-hydroxylation sites is 1. The van der Waals surface area contributed by atoms with Crippen molar-refractivity contribution >= 4 is 0 Å². The molecule has 0 amide bonds. The standard InChI is InChI=1S/C17H24N4O/c1-16(2)10-14(17(3,4)22-16)18-11-15-19-12-21(20-15)13-8-6-5-7-9-13/h5-9,12,14,18H,10-11H2,1-4H3. The number of rotatable bonds is 4. The van der Waals surface area contributed by atoms with Gasteiger partial charge in [-0.15, -0.1) is 5.10 Å². The molecule has 1 fully saturated rings. The number of ether oxygens (including phenoxy) is 1. The van der Waals surface area contributed by atoms with Crippen LogP contribution in [0.25, 0.3) is 5.69 Å². The van der Waals surface area contributed by atoms with Crippen LogP contribution in [0.15, 0.2) is 36.7 Å². The van der Waals surface area contributed by atoms with Crippen molar-refractivity contribution in [3.8, 4) is 5.69 Å². The second kappa shape index (κ2) is 5.48.